The summed E-state index contributed by atoms with van der Waals surface area (Å²) in [5.74, 6) is -2.52. The van der Waals surface area contributed by atoms with Crippen LogP contribution >= 0.6 is 23.2 Å². The molecule has 180 valence electrons. The molecule has 9 heteroatoms. The number of esters is 1. The molecular weight excluding hydrogens is 491 g/mol. The van der Waals surface area contributed by atoms with Crippen LogP contribution in [0, 0.1) is 17.8 Å². The van der Waals surface area contributed by atoms with Crippen LogP contribution in [-0.4, -0.2) is 30.2 Å². The highest BCUT2D eigenvalue weighted by atomic mass is 35.5. The molecule has 3 amide bonds. The van der Waals surface area contributed by atoms with Crippen LogP contribution in [0.4, 0.5) is 11.4 Å². The first-order chi connectivity index (χ1) is 16.7. The Hall–Kier alpha value is -3.16. The summed E-state index contributed by atoms with van der Waals surface area (Å²) in [7, 11) is 0. The number of carbonyl (C=O) groups is 4. The Morgan fingerprint density at radius 3 is 2.57 bits per heavy atom. The zero-order valence-corrected chi connectivity index (χ0v) is 20.4. The highest BCUT2D eigenvalue weighted by Gasteiger charge is 2.48. The van der Waals surface area contributed by atoms with Crippen molar-refractivity contribution in [1.82, 2.24) is 0 Å². The lowest BCUT2D eigenvalue weighted by Gasteiger charge is -2.19. The molecule has 0 radical (unpaired) electrons. The summed E-state index contributed by atoms with van der Waals surface area (Å²) in [4.78, 5) is 54.0. The van der Waals surface area contributed by atoms with Crippen molar-refractivity contribution in [2.45, 2.75) is 26.2 Å². The van der Waals surface area contributed by atoms with Gasteiger partial charge in [0, 0.05) is 24.1 Å². The average molecular weight is 513 g/mol. The lowest BCUT2D eigenvalue weighted by Crippen LogP contribution is -2.31. The minimum Gasteiger partial charge on any atom is -0.426 e. The number of benzene rings is 2. The second kappa shape index (κ2) is 9.13. The Bertz CT molecular complexity index is 1290. The number of halogens is 2. The first-order valence-electron chi connectivity index (χ1n) is 11.3. The molecule has 3 aliphatic rings. The van der Waals surface area contributed by atoms with E-state index in [1.165, 1.54) is 15.9 Å². The van der Waals surface area contributed by atoms with Crippen molar-refractivity contribution in [3.8, 4) is 5.75 Å². The molecule has 5 rings (SSSR count). The van der Waals surface area contributed by atoms with Crippen LogP contribution in [0.5, 0.6) is 5.75 Å². The molecule has 2 aromatic carbocycles. The predicted molar refractivity (Wildman–Crippen MR) is 131 cm³/mol. The summed E-state index contributed by atoms with van der Waals surface area (Å²) in [5, 5.41) is 0.784. The van der Waals surface area contributed by atoms with E-state index >= 15 is 0 Å². The molecule has 0 aromatic heterocycles. The molecule has 3 atom stereocenters. The Morgan fingerprint density at radius 2 is 1.77 bits per heavy atom. The smallest absolute Gasteiger partial charge is 0.316 e. The normalized spacial score (nSPS) is 24.0. The third-order valence-electron chi connectivity index (χ3n) is 6.77. The summed E-state index contributed by atoms with van der Waals surface area (Å²) in [6.45, 7) is 2.07. The molecule has 7 nitrogen and oxygen atoms in total. The molecule has 1 aliphatic carbocycles. The SMILES string of the molecule is CC1=CC[C@@H]2C(=O)N(c3cccc(OC(=O)[C@H]4CC(=O)N(c5cc(Cl)ccc5Cl)C4)c3)C(=O)[C@@H]2C1. The van der Waals surface area contributed by atoms with E-state index in [9.17, 15) is 19.2 Å². The van der Waals surface area contributed by atoms with E-state index in [1.807, 2.05) is 13.0 Å². The van der Waals surface area contributed by atoms with Gasteiger partial charge in [0.05, 0.1) is 34.2 Å². The van der Waals surface area contributed by atoms with Gasteiger partial charge in [0.2, 0.25) is 17.7 Å². The summed E-state index contributed by atoms with van der Waals surface area (Å²) in [6.07, 6.45) is 3.11. The van der Waals surface area contributed by atoms with Crippen molar-refractivity contribution in [2.75, 3.05) is 16.3 Å². The van der Waals surface area contributed by atoms with Crippen molar-refractivity contribution < 1.29 is 23.9 Å². The molecule has 0 N–H and O–H groups in total. The molecule has 2 fully saturated rings. The highest BCUT2D eigenvalue weighted by Crippen LogP contribution is 2.40. The van der Waals surface area contributed by atoms with Crippen LogP contribution in [-0.2, 0) is 19.2 Å². The topological polar surface area (TPSA) is 84.0 Å². The number of amides is 3. The van der Waals surface area contributed by atoms with Crippen LogP contribution in [0.15, 0.2) is 54.1 Å². The van der Waals surface area contributed by atoms with Gasteiger partial charge in [-0.15, -0.1) is 0 Å². The minimum atomic E-state index is -0.701. The lowest BCUT2D eigenvalue weighted by atomic mass is 9.82. The van der Waals surface area contributed by atoms with E-state index in [0.29, 0.717) is 34.3 Å². The van der Waals surface area contributed by atoms with Crippen molar-refractivity contribution >= 4 is 58.3 Å². The molecule has 0 spiro atoms. The number of anilines is 2. The Balaban J connectivity index is 1.30. The zero-order chi connectivity index (χ0) is 24.9. The second-order valence-electron chi connectivity index (χ2n) is 9.13. The van der Waals surface area contributed by atoms with E-state index < -0.39 is 11.9 Å². The maximum absolute atomic E-state index is 13.0. The predicted octanol–water partition coefficient (Wildman–Crippen LogP) is 4.80. The van der Waals surface area contributed by atoms with Crippen LogP contribution in [0.2, 0.25) is 10.0 Å². The summed E-state index contributed by atoms with van der Waals surface area (Å²) >= 11 is 12.3. The summed E-state index contributed by atoms with van der Waals surface area (Å²) < 4.78 is 5.55. The second-order valence-corrected chi connectivity index (χ2v) is 9.98. The van der Waals surface area contributed by atoms with Crippen molar-refractivity contribution in [2.24, 2.45) is 17.8 Å². The number of hydrogen-bond donors (Lipinski definition) is 0. The Labute approximate surface area is 212 Å². The number of carbonyl (C=O) groups excluding carboxylic acids is 4. The molecule has 0 saturated carbocycles. The van der Waals surface area contributed by atoms with Crippen LogP contribution in [0.3, 0.4) is 0 Å². The maximum Gasteiger partial charge on any atom is 0.316 e. The highest BCUT2D eigenvalue weighted by molar-refractivity contribution is 6.36. The fourth-order valence-corrected chi connectivity index (χ4v) is 5.35. The average Bonchev–Trinajstić information content (AvgIpc) is 3.33. The van der Waals surface area contributed by atoms with Gasteiger partial charge in [0.25, 0.3) is 0 Å². The number of fused-ring (bicyclic) bond motifs is 1. The quantitative estimate of drug-likeness (QED) is 0.254. The number of hydrogen-bond acceptors (Lipinski definition) is 5. The zero-order valence-electron chi connectivity index (χ0n) is 18.9. The van der Waals surface area contributed by atoms with E-state index in [4.69, 9.17) is 27.9 Å². The molecule has 2 aliphatic heterocycles. The molecule has 2 heterocycles. The fourth-order valence-electron chi connectivity index (χ4n) is 4.97. The number of allylic oxidation sites excluding steroid dienone is 2. The summed E-state index contributed by atoms with van der Waals surface area (Å²) in [6, 6.07) is 11.2. The fraction of sp³-hybridized carbons (Fsp3) is 0.308. The molecule has 0 bridgehead atoms. The molecule has 2 saturated heterocycles. The number of rotatable bonds is 4. The first kappa shape index (κ1) is 23.6. The van der Waals surface area contributed by atoms with Crippen LogP contribution in [0.1, 0.15) is 26.2 Å². The van der Waals surface area contributed by atoms with Crippen molar-refractivity contribution in [3.05, 3.63) is 64.2 Å². The van der Waals surface area contributed by atoms with Gasteiger partial charge in [-0.2, -0.15) is 0 Å². The third kappa shape index (κ3) is 4.34. The molecule has 2 aromatic rings. The van der Waals surface area contributed by atoms with E-state index in [-0.39, 0.29) is 48.3 Å². The van der Waals surface area contributed by atoms with Crippen LogP contribution in [0.25, 0.3) is 0 Å². The molecular formula is C26H22Cl2N2O5. The van der Waals surface area contributed by atoms with Gasteiger partial charge < -0.3 is 9.64 Å². The Morgan fingerprint density at radius 1 is 1.00 bits per heavy atom. The molecule has 35 heavy (non-hydrogen) atoms. The van der Waals surface area contributed by atoms with Gasteiger partial charge in [-0.3, -0.25) is 19.2 Å². The van der Waals surface area contributed by atoms with Crippen molar-refractivity contribution in [1.29, 1.82) is 0 Å². The van der Waals surface area contributed by atoms with Gasteiger partial charge >= 0.3 is 5.97 Å². The third-order valence-corrected chi connectivity index (χ3v) is 7.33. The van der Waals surface area contributed by atoms with Gasteiger partial charge in [-0.05, 0) is 50.1 Å². The maximum atomic E-state index is 13.0. The van der Waals surface area contributed by atoms with Gasteiger partial charge in [-0.1, -0.05) is 40.9 Å². The largest absolute Gasteiger partial charge is 0.426 e. The monoisotopic (exact) mass is 512 g/mol. The van der Waals surface area contributed by atoms with Gasteiger partial charge in [-0.25, -0.2) is 4.90 Å². The number of ether oxygens (including phenoxy) is 1. The number of nitrogens with zero attached hydrogens (tertiary/aromatic N) is 2. The van der Waals surface area contributed by atoms with Gasteiger partial charge in [0.15, 0.2) is 0 Å². The standard InChI is InChI=1S/C26H22Cl2N2O5/c1-14-5-7-19-20(9-14)25(33)30(24(19)32)17-3-2-4-18(12-17)35-26(34)15-10-23(31)29(13-15)22-11-16(27)6-8-21(22)28/h2-6,8,11-12,15,19-20H,7,9-10,13H2,1H3/t15-,19-,20+/m0/s1. The lowest BCUT2D eigenvalue weighted by molar-refractivity contribution is -0.139. The van der Waals surface area contributed by atoms with Crippen molar-refractivity contribution in [3.63, 3.8) is 0 Å². The van der Waals surface area contributed by atoms with Crippen LogP contribution < -0.4 is 14.5 Å². The minimum absolute atomic E-state index is 0.0276. The van der Waals surface area contributed by atoms with E-state index in [2.05, 4.69) is 0 Å². The van der Waals surface area contributed by atoms with E-state index in [0.717, 1.165) is 5.57 Å². The first-order valence-corrected chi connectivity index (χ1v) is 12.1. The summed E-state index contributed by atoms with van der Waals surface area (Å²) in [5.41, 5.74) is 1.92. The molecule has 0 unspecified atom stereocenters. The van der Waals surface area contributed by atoms with E-state index in [1.54, 1.807) is 36.4 Å². The number of imide groups is 1. The Kier molecular flexibility index (Phi) is 6.15. The van der Waals surface area contributed by atoms with Gasteiger partial charge in [0.1, 0.15) is 5.75 Å².